The second-order valence-corrected chi connectivity index (χ2v) is 9.62. The number of rotatable bonds is 3. The maximum atomic E-state index is 13.0. The summed E-state index contributed by atoms with van der Waals surface area (Å²) in [4.78, 5) is 27.2. The minimum atomic E-state index is -3.60. The third-order valence-electron chi connectivity index (χ3n) is 5.40. The Morgan fingerprint density at radius 3 is 2.38 bits per heavy atom. The van der Waals surface area contributed by atoms with Crippen LogP contribution in [0.1, 0.15) is 40.4 Å². The summed E-state index contributed by atoms with van der Waals surface area (Å²) in [5.74, 6) is -0.506. The van der Waals surface area contributed by atoms with Gasteiger partial charge in [-0.1, -0.05) is 30.3 Å². The first kappa shape index (κ1) is 23.4. The van der Waals surface area contributed by atoms with E-state index in [4.69, 9.17) is 5.26 Å². The Labute approximate surface area is 188 Å². The average molecular weight is 455 g/mol. The number of nitriles is 1. The van der Waals surface area contributed by atoms with Crippen molar-refractivity contribution in [3.8, 4) is 6.07 Å². The standard InChI is InChI=1S/C23H26N4O4S/c1-32(30,31)27-14-5-13-26(23(29)20-10-8-18(17-24)9-11-20)15-12-25-22(28)16-21(27)19-6-3-2-4-7-19/h2-4,6-11,21H,5,12-16H2,1H3,(H,25,28). The molecule has 0 bridgehead atoms. The molecule has 9 heteroatoms. The summed E-state index contributed by atoms with van der Waals surface area (Å²) in [5.41, 5.74) is 1.65. The summed E-state index contributed by atoms with van der Waals surface area (Å²) in [6.45, 7) is 1.09. The van der Waals surface area contributed by atoms with Crippen LogP contribution in [-0.4, -0.2) is 61.9 Å². The molecule has 1 aliphatic heterocycles. The minimum Gasteiger partial charge on any atom is -0.354 e. The molecule has 1 fully saturated rings. The molecule has 32 heavy (non-hydrogen) atoms. The van der Waals surface area contributed by atoms with Crippen molar-refractivity contribution in [3.63, 3.8) is 0 Å². The van der Waals surface area contributed by atoms with Crippen LogP contribution in [-0.2, 0) is 14.8 Å². The van der Waals surface area contributed by atoms with Gasteiger partial charge in [0.25, 0.3) is 5.91 Å². The summed E-state index contributed by atoms with van der Waals surface area (Å²) in [6, 6.07) is 16.9. The van der Waals surface area contributed by atoms with Gasteiger partial charge in [-0.3, -0.25) is 9.59 Å². The minimum absolute atomic E-state index is 0.000646. The molecular formula is C23H26N4O4S. The Morgan fingerprint density at radius 1 is 1.06 bits per heavy atom. The van der Waals surface area contributed by atoms with Gasteiger partial charge in [-0.2, -0.15) is 9.57 Å². The van der Waals surface area contributed by atoms with Gasteiger partial charge in [0.05, 0.1) is 23.9 Å². The monoisotopic (exact) mass is 454 g/mol. The van der Waals surface area contributed by atoms with E-state index in [2.05, 4.69) is 5.32 Å². The van der Waals surface area contributed by atoms with E-state index < -0.39 is 16.1 Å². The predicted molar refractivity (Wildman–Crippen MR) is 120 cm³/mol. The van der Waals surface area contributed by atoms with E-state index >= 15 is 0 Å². The summed E-state index contributed by atoms with van der Waals surface area (Å²) < 4.78 is 26.6. The van der Waals surface area contributed by atoms with Crippen LogP contribution < -0.4 is 5.32 Å². The molecule has 3 rings (SSSR count). The van der Waals surface area contributed by atoms with Crippen LogP contribution in [0.3, 0.4) is 0 Å². The number of nitrogens with one attached hydrogen (secondary N) is 1. The van der Waals surface area contributed by atoms with Crippen LogP contribution in [0.15, 0.2) is 54.6 Å². The third-order valence-corrected chi connectivity index (χ3v) is 6.68. The molecule has 2 aromatic rings. The number of carbonyl (C=O) groups excluding carboxylic acids is 2. The van der Waals surface area contributed by atoms with Crippen LogP contribution in [0.4, 0.5) is 0 Å². The zero-order chi connectivity index (χ0) is 23.1. The van der Waals surface area contributed by atoms with Crippen molar-refractivity contribution in [2.24, 2.45) is 0 Å². The van der Waals surface area contributed by atoms with Crippen LogP contribution in [0.5, 0.6) is 0 Å². The van der Waals surface area contributed by atoms with Gasteiger partial charge in [0.1, 0.15) is 0 Å². The summed E-state index contributed by atoms with van der Waals surface area (Å²) >= 11 is 0. The Morgan fingerprint density at radius 2 is 1.75 bits per heavy atom. The van der Waals surface area contributed by atoms with Gasteiger partial charge in [-0.25, -0.2) is 8.42 Å². The van der Waals surface area contributed by atoms with Crippen molar-refractivity contribution >= 4 is 21.8 Å². The zero-order valence-electron chi connectivity index (χ0n) is 17.9. The SMILES string of the molecule is CS(=O)(=O)N1CCCN(C(=O)c2ccc(C#N)cc2)CCNC(=O)CC1c1ccccc1. The van der Waals surface area contributed by atoms with Crippen molar-refractivity contribution in [1.82, 2.24) is 14.5 Å². The van der Waals surface area contributed by atoms with Crippen molar-refractivity contribution in [2.75, 3.05) is 32.4 Å². The van der Waals surface area contributed by atoms with Gasteiger partial charge >= 0.3 is 0 Å². The molecule has 2 amide bonds. The van der Waals surface area contributed by atoms with Gasteiger partial charge in [0.2, 0.25) is 15.9 Å². The molecule has 0 spiro atoms. The maximum Gasteiger partial charge on any atom is 0.253 e. The van der Waals surface area contributed by atoms with E-state index in [1.165, 1.54) is 4.31 Å². The molecule has 2 aromatic carbocycles. The lowest BCUT2D eigenvalue weighted by molar-refractivity contribution is -0.122. The van der Waals surface area contributed by atoms with Gasteiger partial charge in [-0.15, -0.1) is 0 Å². The normalized spacial score (nSPS) is 18.8. The molecule has 1 N–H and O–H groups in total. The maximum absolute atomic E-state index is 13.0. The van der Waals surface area contributed by atoms with Crippen LogP contribution >= 0.6 is 0 Å². The topological polar surface area (TPSA) is 111 Å². The summed E-state index contributed by atoms with van der Waals surface area (Å²) in [6.07, 6.45) is 1.56. The molecule has 0 radical (unpaired) electrons. The molecule has 1 heterocycles. The van der Waals surface area contributed by atoms with Crippen LogP contribution in [0.2, 0.25) is 0 Å². The predicted octanol–water partition coefficient (Wildman–Crippen LogP) is 1.91. The molecular weight excluding hydrogens is 428 g/mol. The number of sulfonamides is 1. The van der Waals surface area contributed by atoms with E-state index in [0.29, 0.717) is 30.6 Å². The number of nitrogens with zero attached hydrogens (tertiary/aromatic N) is 3. The van der Waals surface area contributed by atoms with Gasteiger partial charge < -0.3 is 10.2 Å². The fourth-order valence-electron chi connectivity index (χ4n) is 3.79. The lowest BCUT2D eigenvalue weighted by Crippen LogP contribution is -2.39. The summed E-state index contributed by atoms with van der Waals surface area (Å²) in [7, 11) is -3.60. The van der Waals surface area contributed by atoms with E-state index in [0.717, 1.165) is 11.8 Å². The second kappa shape index (κ2) is 10.4. The zero-order valence-corrected chi connectivity index (χ0v) is 18.7. The molecule has 1 atom stereocenters. The number of carbonyl (C=O) groups is 2. The van der Waals surface area contributed by atoms with Crippen LogP contribution in [0.25, 0.3) is 0 Å². The second-order valence-electron chi connectivity index (χ2n) is 7.69. The largest absolute Gasteiger partial charge is 0.354 e. The molecule has 0 aromatic heterocycles. The number of benzene rings is 2. The third kappa shape index (κ3) is 5.93. The highest BCUT2D eigenvalue weighted by molar-refractivity contribution is 7.88. The van der Waals surface area contributed by atoms with E-state index in [1.54, 1.807) is 29.2 Å². The highest BCUT2D eigenvalue weighted by Crippen LogP contribution is 2.27. The Hall–Kier alpha value is -3.22. The van der Waals surface area contributed by atoms with Crippen molar-refractivity contribution in [1.29, 1.82) is 5.26 Å². The Bertz CT molecular complexity index is 1100. The molecule has 8 nitrogen and oxygen atoms in total. The molecule has 1 aliphatic rings. The lowest BCUT2D eigenvalue weighted by atomic mass is 10.0. The lowest BCUT2D eigenvalue weighted by Gasteiger charge is -2.30. The first-order valence-corrected chi connectivity index (χ1v) is 12.2. The summed E-state index contributed by atoms with van der Waals surface area (Å²) in [5, 5.41) is 11.8. The van der Waals surface area contributed by atoms with Gasteiger partial charge in [0, 0.05) is 38.2 Å². The van der Waals surface area contributed by atoms with E-state index in [1.807, 2.05) is 36.4 Å². The number of hydrogen-bond acceptors (Lipinski definition) is 5. The molecule has 1 unspecified atom stereocenters. The molecule has 0 saturated carbocycles. The fraction of sp³-hybridized carbons (Fsp3) is 0.348. The smallest absolute Gasteiger partial charge is 0.253 e. The first-order chi connectivity index (χ1) is 15.3. The van der Waals surface area contributed by atoms with Gasteiger partial charge in [-0.05, 0) is 36.2 Å². The van der Waals surface area contributed by atoms with E-state index in [9.17, 15) is 18.0 Å². The first-order valence-electron chi connectivity index (χ1n) is 10.4. The van der Waals surface area contributed by atoms with Crippen molar-refractivity contribution < 1.29 is 18.0 Å². The van der Waals surface area contributed by atoms with Crippen molar-refractivity contribution in [3.05, 3.63) is 71.3 Å². The Balaban J connectivity index is 1.84. The van der Waals surface area contributed by atoms with E-state index in [-0.39, 0.29) is 31.3 Å². The average Bonchev–Trinajstić information content (AvgIpc) is 2.82. The Kier molecular flexibility index (Phi) is 7.62. The quantitative estimate of drug-likeness (QED) is 0.762. The van der Waals surface area contributed by atoms with Crippen LogP contribution in [0, 0.1) is 11.3 Å². The highest BCUT2D eigenvalue weighted by atomic mass is 32.2. The number of hydrogen-bond donors (Lipinski definition) is 1. The molecule has 1 saturated heterocycles. The van der Waals surface area contributed by atoms with Gasteiger partial charge in [0.15, 0.2) is 0 Å². The number of amides is 2. The molecule has 168 valence electrons. The van der Waals surface area contributed by atoms with Crippen molar-refractivity contribution in [2.45, 2.75) is 18.9 Å². The molecule has 0 aliphatic carbocycles. The highest BCUT2D eigenvalue weighted by Gasteiger charge is 2.30. The fourth-order valence-corrected chi connectivity index (χ4v) is 4.91.